The zero-order valence-corrected chi connectivity index (χ0v) is 15.4. The molecule has 2 aliphatic rings. The second kappa shape index (κ2) is 6.46. The van der Waals surface area contributed by atoms with Crippen molar-refractivity contribution in [3.63, 3.8) is 0 Å². The van der Waals surface area contributed by atoms with E-state index < -0.39 is 0 Å². The van der Waals surface area contributed by atoms with E-state index in [0.717, 1.165) is 11.7 Å². The van der Waals surface area contributed by atoms with Crippen LogP contribution in [0.4, 0.5) is 0 Å². The number of ether oxygens (including phenoxy) is 1. The van der Waals surface area contributed by atoms with Gasteiger partial charge in [0.05, 0.1) is 7.11 Å². The second-order valence-corrected chi connectivity index (χ2v) is 7.72. The van der Waals surface area contributed by atoms with E-state index in [4.69, 9.17) is 4.74 Å². The molecule has 0 spiro atoms. The first-order chi connectivity index (χ1) is 10.7. The molecule has 2 unspecified atom stereocenters. The van der Waals surface area contributed by atoms with Crippen molar-refractivity contribution >= 4 is 23.7 Å². The van der Waals surface area contributed by atoms with Crippen LogP contribution in [0.2, 0.25) is 0 Å². The van der Waals surface area contributed by atoms with Crippen molar-refractivity contribution in [1.82, 2.24) is 4.90 Å². The van der Waals surface area contributed by atoms with Crippen molar-refractivity contribution in [2.75, 3.05) is 20.2 Å². The van der Waals surface area contributed by atoms with Gasteiger partial charge in [-0.3, -0.25) is 4.90 Å². The minimum absolute atomic E-state index is 0. The van der Waals surface area contributed by atoms with E-state index in [9.17, 15) is 0 Å². The molecular formula is C19H24ClNOS. The highest BCUT2D eigenvalue weighted by Crippen LogP contribution is 2.46. The summed E-state index contributed by atoms with van der Waals surface area (Å²) in [5.41, 5.74) is 3.19. The highest BCUT2D eigenvalue weighted by atomic mass is 35.5. The predicted octanol–water partition coefficient (Wildman–Crippen LogP) is 4.83. The van der Waals surface area contributed by atoms with Crippen molar-refractivity contribution in [3.8, 4) is 5.75 Å². The maximum atomic E-state index is 5.39. The first-order valence-electron chi connectivity index (χ1n) is 8.16. The Balaban J connectivity index is 0.00000156. The number of hydrogen-bond donors (Lipinski definition) is 0. The molecule has 0 radical (unpaired) electrons. The maximum Gasteiger partial charge on any atom is 0.119 e. The molecule has 124 valence electrons. The molecule has 1 fully saturated rings. The molecule has 2 atom stereocenters. The summed E-state index contributed by atoms with van der Waals surface area (Å²) in [6, 6.07) is 11.1. The summed E-state index contributed by atoms with van der Waals surface area (Å²) >= 11 is 1.91. The molecule has 0 amide bonds. The third-order valence-electron chi connectivity index (χ3n) is 5.61. The molecule has 23 heavy (non-hydrogen) atoms. The third-order valence-corrected chi connectivity index (χ3v) is 6.64. The highest BCUT2D eigenvalue weighted by Gasteiger charge is 2.42. The Morgan fingerprint density at radius 2 is 2.17 bits per heavy atom. The molecule has 0 N–H and O–H groups in total. The second-order valence-electron chi connectivity index (χ2n) is 6.74. The summed E-state index contributed by atoms with van der Waals surface area (Å²) in [6.45, 7) is 4.84. The number of thiophene rings is 1. The number of nitrogens with zero attached hydrogens (tertiary/aromatic N) is 1. The summed E-state index contributed by atoms with van der Waals surface area (Å²) in [6.07, 6.45) is 3.69. The number of halogens is 1. The summed E-state index contributed by atoms with van der Waals surface area (Å²) < 4.78 is 5.39. The molecule has 1 aliphatic carbocycles. The van der Waals surface area contributed by atoms with Gasteiger partial charge in [-0.15, -0.1) is 23.7 Å². The van der Waals surface area contributed by atoms with Crippen LogP contribution in [0.5, 0.6) is 5.75 Å². The van der Waals surface area contributed by atoms with Crippen LogP contribution in [0.3, 0.4) is 0 Å². The van der Waals surface area contributed by atoms with E-state index in [-0.39, 0.29) is 17.9 Å². The van der Waals surface area contributed by atoms with Gasteiger partial charge in [-0.1, -0.05) is 12.1 Å². The molecule has 0 bridgehead atoms. The van der Waals surface area contributed by atoms with Gasteiger partial charge in [0.2, 0.25) is 0 Å². The summed E-state index contributed by atoms with van der Waals surface area (Å²) in [5, 5.41) is 2.21. The van der Waals surface area contributed by atoms with E-state index >= 15 is 0 Å². The third kappa shape index (κ3) is 2.79. The van der Waals surface area contributed by atoms with Crippen LogP contribution >= 0.6 is 23.7 Å². The van der Waals surface area contributed by atoms with Gasteiger partial charge < -0.3 is 4.74 Å². The normalized spacial score (nSPS) is 26.8. The van der Waals surface area contributed by atoms with E-state index in [1.165, 1.54) is 43.5 Å². The van der Waals surface area contributed by atoms with Crippen molar-refractivity contribution in [2.24, 2.45) is 0 Å². The number of hydrogen-bond acceptors (Lipinski definition) is 3. The van der Waals surface area contributed by atoms with Gasteiger partial charge in [-0.05, 0) is 67.4 Å². The first-order valence-corrected chi connectivity index (χ1v) is 9.04. The number of likely N-dealkylation sites (tertiary alicyclic amines) is 1. The van der Waals surface area contributed by atoms with E-state index in [1.54, 1.807) is 12.0 Å². The fourth-order valence-corrected chi connectivity index (χ4v) is 5.09. The Kier molecular flexibility index (Phi) is 4.73. The van der Waals surface area contributed by atoms with Gasteiger partial charge >= 0.3 is 0 Å². The lowest BCUT2D eigenvalue weighted by Gasteiger charge is -2.36. The quantitative estimate of drug-likeness (QED) is 0.787. The molecule has 1 aromatic heterocycles. The first kappa shape index (κ1) is 16.8. The topological polar surface area (TPSA) is 12.5 Å². The molecule has 1 saturated heterocycles. The van der Waals surface area contributed by atoms with Crippen LogP contribution in [-0.2, 0) is 12.0 Å². The van der Waals surface area contributed by atoms with Crippen LogP contribution in [0, 0.1) is 0 Å². The Morgan fingerprint density at radius 1 is 1.30 bits per heavy atom. The van der Waals surface area contributed by atoms with Gasteiger partial charge in [0.15, 0.2) is 0 Å². The van der Waals surface area contributed by atoms with Crippen LogP contribution in [-0.4, -0.2) is 25.1 Å². The number of fused-ring (bicyclic) bond motifs is 1. The number of aryl methyl sites for hydroxylation is 1. The zero-order chi connectivity index (χ0) is 15.2. The summed E-state index contributed by atoms with van der Waals surface area (Å²) in [4.78, 5) is 4.27. The van der Waals surface area contributed by atoms with E-state index in [2.05, 4.69) is 47.5 Å². The molecule has 2 aromatic rings. The minimum atomic E-state index is 0. The van der Waals surface area contributed by atoms with E-state index in [1.807, 2.05) is 11.3 Å². The Bertz CT molecular complexity index is 672. The van der Waals surface area contributed by atoms with Gasteiger partial charge in [-0.25, -0.2) is 0 Å². The van der Waals surface area contributed by atoms with Crippen LogP contribution in [0.15, 0.2) is 35.7 Å². The standard InChI is InChI=1S/C19H23NOS.ClH/c1-19(9-7-14-12-16(21-2)5-6-17(14)19)20-10-8-15(13-20)18-4-3-11-22-18;/h3-6,11-12,15H,7-10,13H2,1-2H3;1H. The molecule has 4 heteroatoms. The number of rotatable bonds is 3. The number of benzene rings is 1. The Labute approximate surface area is 148 Å². The van der Waals surface area contributed by atoms with Crippen LogP contribution in [0.25, 0.3) is 0 Å². The highest BCUT2D eigenvalue weighted by molar-refractivity contribution is 7.10. The van der Waals surface area contributed by atoms with Crippen LogP contribution < -0.4 is 4.74 Å². The summed E-state index contributed by atoms with van der Waals surface area (Å²) in [7, 11) is 1.75. The smallest absolute Gasteiger partial charge is 0.119 e. The average Bonchev–Trinajstić information content (AvgIpc) is 3.27. The van der Waals surface area contributed by atoms with Crippen molar-refractivity contribution < 1.29 is 4.74 Å². The molecule has 0 saturated carbocycles. The molecule has 1 aromatic carbocycles. The van der Waals surface area contributed by atoms with Crippen molar-refractivity contribution in [3.05, 3.63) is 51.7 Å². The zero-order valence-electron chi connectivity index (χ0n) is 13.7. The largest absolute Gasteiger partial charge is 0.497 e. The monoisotopic (exact) mass is 349 g/mol. The molecule has 4 rings (SSSR count). The molecular weight excluding hydrogens is 326 g/mol. The summed E-state index contributed by atoms with van der Waals surface area (Å²) in [5.74, 6) is 1.71. The predicted molar refractivity (Wildman–Crippen MR) is 99.2 cm³/mol. The lowest BCUT2D eigenvalue weighted by molar-refractivity contribution is 0.134. The fraction of sp³-hybridized carbons (Fsp3) is 0.474. The lowest BCUT2D eigenvalue weighted by Crippen LogP contribution is -2.40. The molecule has 2 heterocycles. The van der Waals surface area contributed by atoms with E-state index in [0.29, 0.717) is 0 Å². The molecule has 1 aliphatic heterocycles. The molecule has 2 nitrogen and oxygen atoms in total. The lowest BCUT2D eigenvalue weighted by atomic mass is 9.92. The Hall–Kier alpha value is -1.03. The minimum Gasteiger partial charge on any atom is -0.497 e. The van der Waals surface area contributed by atoms with Crippen molar-refractivity contribution in [1.29, 1.82) is 0 Å². The Morgan fingerprint density at radius 3 is 2.91 bits per heavy atom. The van der Waals surface area contributed by atoms with Gasteiger partial charge in [0.1, 0.15) is 5.75 Å². The van der Waals surface area contributed by atoms with Gasteiger partial charge in [-0.2, -0.15) is 0 Å². The maximum absolute atomic E-state index is 5.39. The van der Waals surface area contributed by atoms with Crippen molar-refractivity contribution in [2.45, 2.75) is 37.6 Å². The van der Waals surface area contributed by atoms with Crippen LogP contribution in [0.1, 0.15) is 41.7 Å². The van der Waals surface area contributed by atoms with Gasteiger partial charge in [0, 0.05) is 22.9 Å². The fourth-order valence-electron chi connectivity index (χ4n) is 4.23. The average molecular weight is 350 g/mol. The number of methoxy groups -OCH3 is 1. The van der Waals surface area contributed by atoms with Gasteiger partial charge in [0.25, 0.3) is 0 Å². The SMILES string of the molecule is COc1ccc2c(c1)CCC2(C)N1CCC(c2cccs2)C1.Cl.